The molecule has 3 aromatic heterocycles. The Morgan fingerprint density at radius 1 is 0.286 bits per heavy atom. The van der Waals surface area contributed by atoms with Crippen molar-refractivity contribution in [2.24, 2.45) is 0 Å². The van der Waals surface area contributed by atoms with Crippen molar-refractivity contribution in [1.82, 2.24) is 15.0 Å². The number of hydrogen-bond acceptors (Lipinski definition) is 5. The molecule has 0 N–H and O–H groups in total. The van der Waals surface area contributed by atoms with Gasteiger partial charge in [-0.3, -0.25) is 0 Å². The van der Waals surface area contributed by atoms with E-state index in [9.17, 15) is 0 Å². The molecular formula is C51H31N3S2. The predicted octanol–water partition coefficient (Wildman–Crippen LogP) is 14.6. The highest BCUT2D eigenvalue weighted by atomic mass is 32.1. The monoisotopic (exact) mass is 749 g/mol. The van der Waals surface area contributed by atoms with Crippen LogP contribution in [0.4, 0.5) is 0 Å². The van der Waals surface area contributed by atoms with Gasteiger partial charge >= 0.3 is 0 Å². The lowest BCUT2D eigenvalue weighted by Crippen LogP contribution is -2.00. The second-order valence-electron chi connectivity index (χ2n) is 13.9. The number of benzene rings is 8. The maximum atomic E-state index is 5.21. The van der Waals surface area contributed by atoms with Gasteiger partial charge in [-0.25, -0.2) is 15.0 Å². The third-order valence-corrected chi connectivity index (χ3v) is 13.0. The Labute approximate surface area is 331 Å². The molecule has 5 heteroatoms. The maximum absolute atomic E-state index is 5.21. The molecule has 0 aliphatic carbocycles. The van der Waals surface area contributed by atoms with Gasteiger partial charge < -0.3 is 0 Å². The van der Waals surface area contributed by atoms with Crippen LogP contribution >= 0.6 is 22.7 Å². The second-order valence-corrected chi connectivity index (χ2v) is 16.0. The maximum Gasteiger partial charge on any atom is 0.164 e. The lowest BCUT2D eigenvalue weighted by Gasteiger charge is -2.12. The lowest BCUT2D eigenvalue weighted by molar-refractivity contribution is 1.08. The fraction of sp³-hybridized carbons (Fsp3) is 0. The van der Waals surface area contributed by atoms with Crippen molar-refractivity contribution in [3.63, 3.8) is 0 Å². The molecule has 0 aliphatic rings. The molecule has 0 spiro atoms. The number of aromatic nitrogens is 3. The molecule has 0 bridgehead atoms. The summed E-state index contributed by atoms with van der Waals surface area (Å²) >= 11 is 3.71. The zero-order valence-corrected chi connectivity index (χ0v) is 31.7. The number of thiophene rings is 2. The molecule has 8 aromatic carbocycles. The first-order chi connectivity index (χ1) is 27.7. The zero-order chi connectivity index (χ0) is 37.0. The third kappa shape index (κ3) is 5.60. The average Bonchev–Trinajstić information content (AvgIpc) is 3.86. The molecule has 0 aliphatic heterocycles. The quantitative estimate of drug-likeness (QED) is 0.170. The Balaban J connectivity index is 1.19. The molecule has 0 saturated carbocycles. The third-order valence-electron chi connectivity index (χ3n) is 10.6. The van der Waals surface area contributed by atoms with Crippen molar-refractivity contribution in [3.8, 4) is 67.5 Å². The van der Waals surface area contributed by atoms with E-state index in [1.165, 1.54) is 68.3 Å². The van der Waals surface area contributed by atoms with Crippen molar-refractivity contribution < 1.29 is 0 Å². The summed E-state index contributed by atoms with van der Waals surface area (Å²) in [5.74, 6) is 1.96. The first-order valence-corrected chi connectivity index (χ1v) is 20.3. The van der Waals surface area contributed by atoms with Crippen molar-refractivity contribution >= 4 is 63.0 Å². The Morgan fingerprint density at radius 2 is 0.821 bits per heavy atom. The van der Waals surface area contributed by atoms with Crippen LogP contribution in [0.1, 0.15) is 0 Å². The Morgan fingerprint density at radius 3 is 1.57 bits per heavy atom. The van der Waals surface area contributed by atoms with Gasteiger partial charge in [-0.05, 0) is 63.7 Å². The van der Waals surface area contributed by atoms with Gasteiger partial charge in [0.25, 0.3) is 0 Å². The minimum absolute atomic E-state index is 0.652. The fourth-order valence-corrected chi connectivity index (χ4v) is 10.3. The topological polar surface area (TPSA) is 38.7 Å². The number of rotatable bonds is 6. The van der Waals surface area contributed by atoms with Crippen LogP contribution in [0.25, 0.3) is 108 Å². The molecule has 3 heterocycles. The van der Waals surface area contributed by atoms with E-state index in [0.717, 1.165) is 22.1 Å². The molecule has 0 atom stereocenters. The molecule has 11 rings (SSSR count). The second kappa shape index (κ2) is 13.5. The fourth-order valence-electron chi connectivity index (χ4n) is 7.86. The van der Waals surface area contributed by atoms with Crippen LogP contribution in [0.3, 0.4) is 0 Å². The molecule has 0 fully saturated rings. The van der Waals surface area contributed by atoms with Crippen LogP contribution in [0.5, 0.6) is 0 Å². The standard InChI is InChI=1S/C51H31N3S2/c1-4-14-32(15-5-1)35-20-12-21-36(30-35)39-27-28-42(51-53-49(33-16-6-2-7-17-33)52-50(54-51)34-18-8-3-9-19-34)46-41-24-13-23-38(47(41)56-48(39)46)37-26-29-45-43(31-37)40-22-10-11-25-44(40)55-45/h1-31H. The van der Waals surface area contributed by atoms with Gasteiger partial charge in [-0.1, -0.05) is 158 Å². The molecular weight excluding hydrogens is 719 g/mol. The van der Waals surface area contributed by atoms with E-state index in [4.69, 9.17) is 15.0 Å². The summed E-state index contributed by atoms with van der Waals surface area (Å²) in [6.07, 6.45) is 0. The number of hydrogen-bond donors (Lipinski definition) is 0. The highest BCUT2D eigenvalue weighted by Gasteiger charge is 2.21. The summed E-state index contributed by atoms with van der Waals surface area (Å²) in [7, 11) is 0. The predicted molar refractivity (Wildman–Crippen MR) is 238 cm³/mol. The molecule has 0 amide bonds. The summed E-state index contributed by atoms with van der Waals surface area (Å²) in [6.45, 7) is 0. The SMILES string of the molecule is c1ccc(-c2cccc(-c3ccc(-c4nc(-c5ccccc5)nc(-c5ccccc5)n4)c4c3sc3c(-c5ccc6sc7ccccc7c6c5)cccc34)c2)cc1. The normalized spacial score (nSPS) is 11.6. The van der Waals surface area contributed by atoms with Gasteiger partial charge in [0.15, 0.2) is 17.5 Å². The van der Waals surface area contributed by atoms with Gasteiger partial charge in [0, 0.05) is 57.0 Å². The molecule has 11 aromatic rings. The first kappa shape index (κ1) is 32.6. The van der Waals surface area contributed by atoms with Gasteiger partial charge in [-0.15, -0.1) is 22.7 Å². The summed E-state index contributed by atoms with van der Waals surface area (Å²) in [4.78, 5) is 15.4. The smallest absolute Gasteiger partial charge is 0.164 e. The minimum Gasteiger partial charge on any atom is -0.208 e. The van der Waals surface area contributed by atoms with Gasteiger partial charge in [-0.2, -0.15) is 0 Å². The van der Waals surface area contributed by atoms with Crippen LogP contribution < -0.4 is 0 Å². The van der Waals surface area contributed by atoms with Crippen molar-refractivity contribution in [2.75, 3.05) is 0 Å². The lowest BCUT2D eigenvalue weighted by atomic mass is 9.95. The first-order valence-electron chi connectivity index (χ1n) is 18.7. The van der Waals surface area contributed by atoms with E-state index in [-0.39, 0.29) is 0 Å². The van der Waals surface area contributed by atoms with Gasteiger partial charge in [0.05, 0.1) is 0 Å². The van der Waals surface area contributed by atoms with E-state index < -0.39 is 0 Å². The highest BCUT2D eigenvalue weighted by Crippen LogP contribution is 2.48. The van der Waals surface area contributed by atoms with Crippen LogP contribution in [-0.4, -0.2) is 15.0 Å². The summed E-state index contributed by atoms with van der Waals surface area (Å²) in [5, 5.41) is 4.95. The largest absolute Gasteiger partial charge is 0.208 e. The number of nitrogens with zero attached hydrogens (tertiary/aromatic N) is 3. The van der Waals surface area contributed by atoms with E-state index >= 15 is 0 Å². The van der Waals surface area contributed by atoms with Crippen molar-refractivity contribution in [2.45, 2.75) is 0 Å². The minimum atomic E-state index is 0.652. The van der Waals surface area contributed by atoms with Crippen LogP contribution in [0.2, 0.25) is 0 Å². The van der Waals surface area contributed by atoms with Crippen LogP contribution in [0, 0.1) is 0 Å². The van der Waals surface area contributed by atoms with Crippen LogP contribution in [-0.2, 0) is 0 Å². The summed E-state index contributed by atoms with van der Waals surface area (Å²) in [5.41, 5.74) is 10.1. The van der Waals surface area contributed by atoms with Gasteiger partial charge in [0.2, 0.25) is 0 Å². The summed E-state index contributed by atoms with van der Waals surface area (Å²) in [6, 6.07) is 66.8. The summed E-state index contributed by atoms with van der Waals surface area (Å²) < 4.78 is 5.07. The Hall–Kier alpha value is -6.79. The van der Waals surface area contributed by atoms with E-state index in [0.29, 0.717) is 17.5 Å². The molecule has 3 nitrogen and oxygen atoms in total. The average molecular weight is 750 g/mol. The van der Waals surface area contributed by atoms with Crippen molar-refractivity contribution in [3.05, 3.63) is 188 Å². The Kier molecular flexibility index (Phi) is 7.87. The van der Waals surface area contributed by atoms with E-state index in [1.54, 1.807) is 0 Å². The molecule has 0 radical (unpaired) electrons. The highest BCUT2D eigenvalue weighted by molar-refractivity contribution is 7.27. The molecule has 262 valence electrons. The van der Waals surface area contributed by atoms with Crippen molar-refractivity contribution in [1.29, 1.82) is 0 Å². The van der Waals surface area contributed by atoms with E-state index in [2.05, 4.69) is 152 Å². The van der Waals surface area contributed by atoms with Crippen LogP contribution in [0.15, 0.2) is 188 Å². The Bertz CT molecular complexity index is 3180. The van der Waals surface area contributed by atoms with Gasteiger partial charge in [0.1, 0.15) is 0 Å². The molecule has 0 unspecified atom stereocenters. The molecule has 0 saturated heterocycles. The number of fused-ring (bicyclic) bond motifs is 6. The van der Waals surface area contributed by atoms with E-state index in [1.807, 2.05) is 59.1 Å². The zero-order valence-electron chi connectivity index (χ0n) is 30.1. The molecule has 56 heavy (non-hydrogen) atoms.